The van der Waals surface area contributed by atoms with E-state index in [1.54, 1.807) is 4.57 Å². The largest absolute Gasteiger partial charge is 0.394 e. The summed E-state index contributed by atoms with van der Waals surface area (Å²) in [5, 5.41) is 0. The zero-order valence-corrected chi connectivity index (χ0v) is 12.2. The Balaban J connectivity index is 1.99. The lowest BCUT2D eigenvalue weighted by Crippen LogP contribution is -2.32. The van der Waals surface area contributed by atoms with Crippen LogP contribution in [0.3, 0.4) is 0 Å². The van der Waals surface area contributed by atoms with Gasteiger partial charge in [-0.05, 0) is 18.9 Å². The average molecular weight is 309 g/mol. The van der Waals surface area contributed by atoms with Gasteiger partial charge < -0.3 is 10.3 Å². The third-order valence-electron chi connectivity index (χ3n) is 4.34. The van der Waals surface area contributed by atoms with Crippen molar-refractivity contribution in [3.8, 4) is 0 Å². The Morgan fingerprint density at radius 1 is 1.27 bits per heavy atom. The average Bonchev–Trinajstić information content (AvgIpc) is 2.86. The molecule has 0 saturated carbocycles. The maximum absolute atomic E-state index is 12.8. The van der Waals surface area contributed by atoms with Gasteiger partial charge in [-0.25, -0.2) is 4.98 Å². The lowest BCUT2D eigenvalue weighted by molar-refractivity contribution is -0.128. The van der Waals surface area contributed by atoms with Crippen LogP contribution in [0.2, 0.25) is 0 Å². The summed E-state index contributed by atoms with van der Waals surface area (Å²) in [5.41, 5.74) is 7.43. The van der Waals surface area contributed by atoms with E-state index >= 15 is 0 Å². The van der Waals surface area contributed by atoms with Crippen LogP contribution in [0, 0.1) is 0 Å². The lowest BCUT2D eigenvalue weighted by Gasteiger charge is -2.36. The van der Waals surface area contributed by atoms with Crippen LogP contribution in [0.4, 0.5) is 13.2 Å². The summed E-state index contributed by atoms with van der Waals surface area (Å²) >= 11 is 0. The number of hydrogen-bond donors (Lipinski definition) is 1. The first-order valence-electron chi connectivity index (χ1n) is 7.30. The number of halogens is 3. The van der Waals surface area contributed by atoms with E-state index in [0.29, 0.717) is 12.2 Å². The fourth-order valence-corrected chi connectivity index (χ4v) is 3.36. The molecule has 0 unspecified atom stereocenters. The van der Waals surface area contributed by atoms with Crippen LogP contribution >= 0.6 is 0 Å². The number of fused-ring (bicyclic) bond motifs is 1. The molecule has 2 N–H and O–H groups in total. The molecule has 0 spiro atoms. The van der Waals surface area contributed by atoms with Crippen molar-refractivity contribution in [1.82, 2.24) is 9.55 Å². The fraction of sp³-hybridized carbons (Fsp3) is 0.438. The highest BCUT2D eigenvalue weighted by atomic mass is 19.4. The Labute approximate surface area is 127 Å². The van der Waals surface area contributed by atoms with Gasteiger partial charge in [-0.15, -0.1) is 0 Å². The van der Waals surface area contributed by atoms with E-state index in [1.807, 2.05) is 37.3 Å². The first kappa shape index (κ1) is 15.1. The molecule has 6 heteroatoms. The molecule has 1 aliphatic rings. The molecule has 1 aromatic carbocycles. The van der Waals surface area contributed by atoms with Crippen LogP contribution in [0.5, 0.6) is 0 Å². The van der Waals surface area contributed by atoms with Crippen LogP contribution < -0.4 is 5.73 Å². The molecule has 1 aliphatic heterocycles. The maximum Gasteiger partial charge on any atom is 0.394 e. The predicted octanol–water partition coefficient (Wildman–Crippen LogP) is 3.74. The number of aromatic nitrogens is 2. The van der Waals surface area contributed by atoms with E-state index in [4.69, 9.17) is 5.73 Å². The third kappa shape index (κ3) is 2.75. The minimum atomic E-state index is -4.25. The van der Waals surface area contributed by atoms with E-state index in [1.165, 1.54) is 6.20 Å². The van der Waals surface area contributed by atoms with Crippen molar-refractivity contribution in [3.63, 3.8) is 0 Å². The van der Waals surface area contributed by atoms with Crippen molar-refractivity contribution < 1.29 is 13.2 Å². The minimum Gasteiger partial charge on any atom is -0.327 e. The first-order valence-corrected chi connectivity index (χ1v) is 7.30. The number of imidazole rings is 1. The number of alkyl halides is 3. The van der Waals surface area contributed by atoms with Gasteiger partial charge in [-0.2, -0.15) is 13.2 Å². The van der Waals surface area contributed by atoms with Crippen molar-refractivity contribution in [3.05, 3.63) is 53.6 Å². The highest BCUT2D eigenvalue weighted by molar-refractivity contribution is 5.25. The number of benzene rings is 1. The Bertz CT molecular complexity index is 648. The first-order chi connectivity index (χ1) is 10.4. The summed E-state index contributed by atoms with van der Waals surface area (Å²) in [7, 11) is 0. The van der Waals surface area contributed by atoms with E-state index < -0.39 is 12.6 Å². The van der Waals surface area contributed by atoms with Crippen molar-refractivity contribution in [2.45, 2.75) is 43.9 Å². The van der Waals surface area contributed by atoms with Crippen molar-refractivity contribution in [2.75, 3.05) is 0 Å². The van der Waals surface area contributed by atoms with Crippen molar-refractivity contribution in [2.24, 2.45) is 5.73 Å². The van der Waals surface area contributed by atoms with Crippen LogP contribution in [-0.4, -0.2) is 15.7 Å². The Morgan fingerprint density at radius 3 is 2.59 bits per heavy atom. The Hall–Kier alpha value is -1.82. The molecule has 0 saturated heterocycles. The molecule has 22 heavy (non-hydrogen) atoms. The van der Waals surface area contributed by atoms with Gasteiger partial charge in [0.2, 0.25) is 0 Å². The SMILES string of the molecule is C[C@@H]1[C@H](c2ccccc2)C[C@H](N)c2ncc(CC(F)(F)F)n21. The second kappa shape index (κ2) is 5.43. The second-order valence-electron chi connectivity index (χ2n) is 5.87. The fourth-order valence-electron chi connectivity index (χ4n) is 3.36. The predicted molar refractivity (Wildman–Crippen MR) is 77.4 cm³/mol. The van der Waals surface area contributed by atoms with Gasteiger partial charge in [0.1, 0.15) is 5.82 Å². The van der Waals surface area contributed by atoms with E-state index in [-0.39, 0.29) is 23.7 Å². The quantitative estimate of drug-likeness (QED) is 0.918. The summed E-state index contributed by atoms with van der Waals surface area (Å²) in [4.78, 5) is 4.14. The van der Waals surface area contributed by atoms with Crippen LogP contribution in [0.15, 0.2) is 36.5 Å². The topological polar surface area (TPSA) is 43.8 Å². The molecule has 118 valence electrons. The summed E-state index contributed by atoms with van der Waals surface area (Å²) in [6, 6.07) is 9.36. The summed E-state index contributed by atoms with van der Waals surface area (Å²) in [6.07, 6.45) is -3.22. The molecule has 0 aliphatic carbocycles. The molecule has 3 nitrogen and oxygen atoms in total. The Morgan fingerprint density at radius 2 is 1.95 bits per heavy atom. The van der Waals surface area contributed by atoms with Gasteiger partial charge in [0, 0.05) is 23.9 Å². The van der Waals surface area contributed by atoms with Gasteiger partial charge in [-0.3, -0.25) is 0 Å². The standard InChI is InChI=1S/C16H18F3N3/c1-10-13(11-5-3-2-4-6-11)7-14(20)15-21-9-12(22(10)15)8-16(17,18)19/h2-6,9-10,13-14H,7-8,20H2,1H3/t10-,13-,14+/m1/s1. The molecular formula is C16H18F3N3. The summed E-state index contributed by atoms with van der Waals surface area (Å²) < 4.78 is 40.0. The zero-order valence-electron chi connectivity index (χ0n) is 12.2. The normalized spacial score (nSPS) is 25.0. The van der Waals surface area contributed by atoms with E-state index in [2.05, 4.69) is 4.98 Å². The lowest BCUT2D eigenvalue weighted by atomic mass is 9.83. The molecule has 0 fully saturated rings. The third-order valence-corrected chi connectivity index (χ3v) is 4.34. The summed E-state index contributed by atoms with van der Waals surface area (Å²) in [5.74, 6) is 0.642. The van der Waals surface area contributed by atoms with Crippen LogP contribution in [-0.2, 0) is 6.42 Å². The van der Waals surface area contributed by atoms with Gasteiger partial charge in [0.05, 0.1) is 12.5 Å². The molecule has 3 atom stereocenters. The molecule has 0 radical (unpaired) electrons. The van der Waals surface area contributed by atoms with Crippen molar-refractivity contribution in [1.29, 1.82) is 0 Å². The molecule has 3 rings (SSSR count). The molecule has 1 aromatic heterocycles. The van der Waals surface area contributed by atoms with Crippen molar-refractivity contribution >= 4 is 0 Å². The van der Waals surface area contributed by atoms with Gasteiger partial charge in [-0.1, -0.05) is 30.3 Å². The second-order valence-corrected chi connectivity index (χ2v) is 5.87. The Kier molecular flexibility index (Phi) is 3.72. The highest BCUT2D eigenvalue weighted by Gasteiger charge is 2.37. The molecule has 2 heterocycles. The minimum absolute atomic E-state index is 0.0879. The van der Waals surface area contributed by atoms with Gasteiger partial charge >= 0.3 is 6.18 Å². The number of hydrogen-bond acceptors (Lipinski definition) is 2. The number of rotatable bonds is 2. The molecule has 0 amide bonds. The molecule has 2 aromatic rings. The van der Waals surface area contributed by atoms with E-state index in [0.717, 1.165) is 5.56 Å². The number of nitrogens with zero attached hydrogens (tertiary/aromatic N) is 2. The van der Waals surface area contributed by atoms with Crippen LogP contribution in [0.1, 0.15) is 48.4 Å². The smallest absolute Gasteiger partial charge is 0.327 e. The molecule has 0 bridgehead atoms. The summed E-state index contributed by atoms with van der Waals surface area (Å²) in [6.45, 7) is 1.94. The number of nitrogens with two attached hydrogens (primary N) is 1. The van der Waals surface area contributed by atoms with E-state index in [9.17, 15) is 13.2 Å². The van der Waals surface area contributed by atoms with Gasteiger partial charge in [0.25, 0.3) is 0 Å². The zero-order chi connectivity index (χ0) is 15.9. The van der Waals surface area contributed by atoms with Gasteiger partial charge in [0.15, 0.2) is 0 Å². The molecular weight excluding hydrogens is 291 g/mol. The maximum atomic E-state index is 12.8. The van der Waals surface area contributed by atoms with Crippen LogP contribution in [0.25, 0.3) is 0 Å². The highest BCUT2D eigenvalue weighted by Crippen LogP contribution is 2.42. The monoisotopic (exact) mass is 309 g/mol.